The number of nitrogens with zero attached hydrogens (tertiary/aromatic N) is 5. The van der Waals surface area contributed by atoms with Gasteiger partial charge in [0.1, 0.15) is 5.65 Å². The molecule has 166 valence electrons. The minimum absolute atomic E-state index is 0.269. The second-order valence-corrected chi connectivity index (χ2v) is 11.3. The van der Waals surface area contributed by atoms with Crippen LogP contribution < -0.4 is 0 Å². The summed E-state index contributed by atoms with van der Waals surface area (Å²) in [6.07, 6.45) is 7.93. The number of rotatable bonds is 4. The fourth-order valence-electron chi connectivity index (χ4n) is 4.36. The molecule has 0 unspecified atom stereocenters. The van der Waals surface area contributed by atoms with Gasteiger partial charge in [0.25, 0.3) is 0 Å². The molecule has 5 rings (SSSR count). The number of hydrogen-bond donors (Lipinski definition) is 0. The van der Waals surface area contributed by atoms with Crippen molar-refractivity contribution in [2.45, 2.75) is 28.8 Å². The first kappa shape index (κ1) is 21.6. The van der Waals surface area contributed by atoms with E-state index in [0.29, 0.717) is 15.3 Å². The van der Waals surface area contributed by atoms with Gasteiger partial charge in [-0.05, 0) is 73.8 Å². The van der Waals surface area contributed by atoms with E-state index in [1.54, 1.807) is 42.1 Å². The van der Waals surface area contributed by atoms with E-state index in [1.165, 1.54) is 0 Å². The Bertz CT molecular complexity index is 1390. The van der Waals surface area contributed by atoms with Gasteiger partial charge in [-0.15, -0.1) is 0 Å². The Morgan fingerprint density at radius 3 is 2.47 bits per heavy atom. The lowest BCUT2D eigenvalue weighted by Gasteiger charge is -2.28. The molecule has 0 amide bonds. The monoisotopic (exact) mass is 561 g/mol. The lowest BCUT2D eigenvalue weighted by atomic mass is 10.1. The maximum atomic E-state index is 13.3. The Labute approximate surface area is 201 Å². The van der Waals surface area contributed by atoms with Crippen LogP contribution in [0.2, 0.25) is 0 Å². The van der Waals surface area contributed by atoms with Crippen LogP contribution in [0.1, 0.15) is 18.9 Å². The van der Waals surface area contributed by atoms with Gasteiger partial charge in [0.05, 0.1) is 20.7 Å². The highest BCUT2D eigenvalue weighted by Gasteiger charge is 2.28. The molecule has 0 bridgehead atoms. The molecule has 32 heavy (non-hydrogen) atoms. The Kier molecular flexibility index (Phi) is 5.58. The minimum Gasteiger partial charge on any atom is -0.318 e. The SMILES string of the molecule is CN1CCC(n2cc(-c3cnc4c(c3)c(I)c(S(=O)(=O)c3ccccc3)n4C)cn2)CC1. The molecule has 1 saturated heterocycles. The van der Waals surface area contributed by atoms with Crippen molar-refractivity contribution in [3.63, 3.8) is 0 Å². The van der Waals surface area contributed by atoms with Gasteiger partial charge in [0.15, 0.2) is 5.03 Å². The van der Waals surface area contributed by atoms with Crippen molar-refractivity contribution in [2.24, 2.45) is 7.05 Å². The van der Waals surface area contributed by atoms with Crippen molar-refractivity contribution in [3.8, 4) is 11.1 Å². The topological polar surface area (TPSA) is 73.0 Å². The largest absolute Gasteiger partial charge is 0.318 e. The van der Waals surface area contributed by atoms with Crippen LogP contribution in [0.5, 0.6) is 0 Å². The van der Waals surface area contributed by atoms with Crippen molar-refractivity contribution in [3.05, 3.63) is 58.6 Å². The zero-order valence-electron chi connectivity index (χ0n) is 17.9. The van der Waals surface area contributed by atoms with Gasteiger partial charge in [-0.3, -0.25) is 4.68 Å². The van der Waals surface area contributed by atoms with E-state index in [4.69, 9.17) is 0 Å². The zero-order valence-corrected chi connectivity index (χ0v) is 20.9. The van der Waals surface area contributed by atoms with Crippen LogP contribution in [0.3, 0.4) is 0 Å². The van der Waals surface area contributed by atoms with Crippen molar-refractivity contribution in [2.75, 3.05) is 20.1 Å². The molecule has 1 aliphatic heterocycles. The quantitative estimate of drug-likeness (QED) is 0.351. The number of likely N-dealkylation sites (tertiary alicyclic amines) is 1. The molecule has 4 heterocycles. The molecule has 0 saturated carbocycles. The number of sulfone groups is 1. The van der Waals surface area contributed by atoms with Crippen molar-refractivity contribution >= 4 is 43.5 Å². The second-order valence-electron chi connectivity index (χ2n) is 8.33. The van der Waals surface area contributed by atoms with E-state index in [2.05, 4.69) is 55.5 Å². The summed E-state index contributed by atoms with van der Waals surface area (Å²) in [6.45, 7) is 2.16. The van der Waals surface area contributed by atoms with E-state index in [9.17, 15) is 8.42 Å². The fraction of sp³-hybridized carbons (Fsp3) is 0.304. The molecule has 1 aliphatic rings. The van der Waals surface area contributed by atoms with Crippen LogP contribution in [-0.4, -0.2) is 52.8 Å². The summed E-state index contributed by atoms with van der Waals surface area (Å²) in [5.74, 6) is 0. The van der Waals surface area contributed by atoms with E-state index in [0.717, 1.165) is 42.4 Å². The normalized spacial score (nSPS) is 16.1. The van der Waals surface area contributed by atoms with Crippen molar-refractivity contribution in [1.82, 2.24) is 24.2 Å². The molecule has 1 aromatic carbocycles. The molecule has 9 heteroatoms. The fourth-order valence-corrected chi connectivity index (χ4v) is 7.52. The Balaban J connectivity index is 1.54. The summed E-state index contributed by atoms with van der Waals surface area (Å²) in [5.41, 5.74) is 2.57. The molecule has 0 atom stereocenters. The van der Waals surface area contributed by atoms with Crippen molar-refractivity contribution < 1.29 is 8.42 Å². The van der Waals surface area contributed by atoms with Gasteiger partial charge in [-0.2, -0.15) is 5.10 Å². The number of piperidine rings is 1. The number of halogens is 1. The first-order valence-corrected chi connectivity index (χ1v) is 13.1. The second kappa shape index (κ2) is 8.27. The van der Waals surface area contributed by atoms with Gasteiger partial charge in [-0.1, -0.05) is 18.2 Å². The molecule has 7 nitrogen and oxygen atoms in total. The third kappa shape index (κ3) is 3.65. The third-order valence-electron chi connectivity index (χ3n) is 6.22. The van der Waals surface area contributed by atoms with Gasteiger partial charge < -0.3 is 9.47 Å². The number of benzene rings is 1. The molecule has 3 aromatic heterocycles. The highest BCUT2D eigenvalue weighted by molar-refractivity contribution is 14.1. The number of aryl methyl sites for hydroxylation is 1. The predicted octanol–water partition coefficient (Wildman–Crippen LogP) is 4.14. The van der Waals surface area contributed by atoms with Crippen LogP contribution >= 0.6 is 22.6 Å². The molecule has 0 radical (unpaired) electrons. The molecular formula is C23H24IN5O2S. The van der Waals surface area contributed by atoms with E-state index >= 15 is 0 Å². The lowest BCUT2D eigenvalue weighted by Crippen LogP contribution is -2.31. The summed E-state index contributed by atoms with van der Waals surface area (Å²) in [7, 11) is 0.248. The first-order chi connectivity index (χ1) is 15.4. The van der Waals surface area contributed by atoms with Gasteiger partial charge >= 0.3 is 0 Å². The number of aromatic nitrogens is 4. The van der Waals surface area contributed by atoms with Gasteiger partial charge in [-0.25, -0.2) is 13.4 Å². The first-order valence-electron chi connectivity index (χ1n) is 10.5. The van der Waals surface area contributed by atoms with Crippen LogP contribution in [0.25, 0.3) is 22.2 Å². The number of fused-ring (bicyclic) bond motifs is 1. The van der Waals surface area contributed by atoms with E-state index in [-0.39, 0.29) is 9.92 Å². The smallest absolute Gasteiger partial charge is 0.223 e. The summed E-state index contributed by atoms with van der Waals surface area (Å²) in [5, 5.41) is 5.71. The Hall–Kier alpha value is -2.24. The number of hydrogen-bond acceptors (Lipinski definition) is 5. The predicted molar refractivity (Wildman–Crippen MR) is 132 cm³/mol. The summed E-state index contributed by atoms with van der Waals surface area (Å²) in [6, 6.07) is 11.0. The molecule has 0 aliphatic carbocycles. The summed E-state index contributed by atoms with van der Waals surface area (Å²) in [4.78, 5) is 7.25. The Morgan fingerprint density at radius 1 is 1.03 bits per heavy atom. The van der Waals surface area contributed by atoms with E-state index < -0.39 is 9.84 Å². The maximum Gasteiger partial charge on any atom is 0.223 e. The van der Waals surface area contributed by atoms with Crippen LogP contribution in [-0.2, 0) is 16.9 Å². The minimum atomic E-state index is -3.66. The lowest BCUT2D eigenvalue weighted by molar-refractivity contribution is 0.212. The molecule has 4 aromatic rings. The van der Waals surface area contributed by atoms with E-state index in [1.807, 2.05) is 18.3 Å². The molecular weight excluding hydrogens is 537 g/mol. The summed E-state index contributed by atoms with van der Waals surface area (Å²) < 4.78 is 31.1. The molecule has 0 spiro atoms. The maximum absolute atomic E-state index is 13.3. The van der Waals surface area contributed by atoms with Gasteiger partial charge in [0.2, 0.25) is 9.84 Å². The molecule has 0 N–H and O–H groups in total. The third-order valence-corrected chi connectivity index (χ3v) is 9.56. The van der Waals surface area contributed by atoms with Crippen LogP contribution in [0, 0.1) is 3.57 Å². The Morgan fingerprint density at radius 2 is 1.75 bits per heavy atom. The average molecular weight is 561 g/mol. The van der Waals surface area contributed by atoms with Crippen LogP contribution in [0.15, 0.2) is 64.9 Å². The standard InChI is InChI=1S/C23H24IN5O2S/c1-27-10-8-18(9-11-27)29-15-17(14-26-29)16-12-20-21(24)23(28(2)22(20)25-13-16)32(30,31)19-6-4-3-5-7-19/h3-7,12-15,18H,8-11H2,1-2H3. The number of pyridine rings is 1. The highest BCUT2D eigenvalue weighted by atomic mass is 127. The highest BCUT2D eigenvalue weighted by Crippen LogP contribution is 2.35. The van der Waals surface area contributed by atoms with Crippen molar-refractivity contribution in [1.29, 1.82) is 0 Å². The summed E-state index contributed by atoms with van der Waals surface area (Å²) >= 11 is 2.12. The van der Waals surface area contributed by atoms with Gasteiger partial charge in [0, 0.05) is 36.0 Å². The molecule has 1 fully saturated rings. The zero-order chi connectivity index (χ0) is 22.5. The van der Waals surface area contributed by atoms with Crippen LogP contribution in [0.4, 0.5) is 0 Å². The average Bonchev–Trinajstić information content (AvgIpc) is 3.38.